The third-order valence-corrected chi connectivity index (χ3v) is 3.33. The molecule has 0 bridgehead atoms. The van der Waals surface area contributed by atoms with Crippen molar-refractivity contribution in [3.63, 3.8) is 0 Å². The van der Waals surface area contributed by atoms with Crippen LogP contribution in [0, 0.1) is 0 Å². The van der Waals surface area contributed by atoms with Crippen LogP contribution in [0.3, 0.4) is 0 Å². The molecule has 5 heteroatoms. The molecule has 0 fully saturated rings. The van der Waals surface area contributed by atoms with E-state index in [2.05, 4.69) is 18.8 Å². The summed E-state index contributed by atoms with van der Waals surface area (Å²) in [4.78, 5) is 17.0. The first kappa shape index (κ1) is 11.0. The molecular formula is C9H14N2O2S. The maximum absolute atomic E-state index is 10.6. The van der Waals surface area contributed by atoms with Crippen LogP contribution < -0.4 is 4.90 Å². The molecule has 1 heterocycles. The van der Waals surface area contributed by atoms with Gasteiger partial charge < -0.3 is 10.0 Å². The molecule has 0 aliphatic carbocycles. The second kappa shape index (κ2) is 4.41. The summed E-state index contributed by atoms with van der Waals surface area (Å²) in [6.07, 6.45) is 2.42. The van der Waals surface area contributed by atoms with Crippen molar-refractivity contribution in [2.75, 3.05) is 11.9 Å². The molecule has 0 aliphatic rings. The zero-order chi connectivity index (χ0) is 10.7. The quantitative estimate of drug-likeness (QED) is 0.833. The first-order valence-electron chi connectivity index (χ1n) is 4.48. The Kier molecular flexibility index (Phi) is 3.46. The summed E-state index contributed by atoms with van der Waals surface area (Å²) >= 11 is 1.21. The third kappa shape index (κ3) is 2.23. The molecule has 4 nitrogen and oxygen atoms in total. The Bertz CT molecular complexity index is 324. The number of carboxylic acid groups (broad SMARTS) is 1. The maximum Gasteiger partial charge on any atom is 0.347 e. The molecule has 0 saturated heterocycles. The number of carboxylic acids is 1. The number of nitrogens with zero attached hydrogens (tertiary/aromatic N) is 2. The smallest absolute Gasteiger partial charge is 0.347 e. The molecule has 1 aromatic heterocycles. The normalized spacial score (nSPS) is 12.5. The summed E-state index contributed by atoms with van der Waals surface area (Å²) in [6, 6.07) is 0.378. The molecule has 14 heavy (non-hydrogen) atoms. The van der Waals surface area contributed by atoms with Gasteiger partial charge in [-0.05, 0) is 13.3 Å². The molecule has 0 spiro atoms. The van der Waals surface area contributed by atoms with E-state index in [4.69, 9.17) is 5.11 Å². The summed E-state index contributed by atoms with van der Waals surface area (Å²) in [5, 5.41) is 9.49. The van der Waals surface area contributed by atoms with Gasteiger partial charge in [0.15, 0.2) is 5.13 Å². The van der Waals surface area contributed by atoms with Gasteiger partial charge in [-0.25, -0.2) is 9.78 Å². The van der Waals surface area contributed by atoms with Crippen LogP contribution in [0.15, 0.2) is 6.20 Å². The average molecular weight is 214 g/mol. The van der Waals surface area contributed by atoms with Gasteiger partial charge in [-0.1, -0.05) is 18.3 Å². The fourth-order valence-electron chi connectivity index (χ4n) is 0.989. The van der Waals surface area contributed by atoms with E-state index in [1.807, 2.05) is 11.9 Å². The maximum atomic E-state index is 10.6. The molecular weight excluding hydrogens is 200 g/mol. The monoisotopic (exact) mass is 214 g/mol. The summed E-state index contributed by atoms with van der Waals surface area (Å²) < 4.78 is 0. The number of aromatic carboxylic acids is 1. The Hall–Kier alpha value is -1.10. The first-order chi connectivity index (χ1) is 6.56. The highest BCUT2D eigenvalue weighted by molar-refractivity contribution is 7.17. The van der Waals surface area contributed by atoms with Crippen LogP contribution in [-0.4, -0.2) is 29.1 Å². The zero-order valence-electron chi connectivity index (χ0n) is 8.52. The number of anilines is 1. The minimum atomic E-state index is -0.911. The highest BCUT2D eigenvalue weighted by Gasteiger charge is 2.14. The Labute approximate surface area is 87.2 Å². The van der Waals surface area contributed by atoms with Gasteiger partial charge in [0.05, 0.1) is 6.20 Å². The topological polar surface area (TPSA) is 53.4 Å². The first-order valence-corrected chi connectivity index (χ1v) is 5.29. The third-order valence-electron chi connectivity index (χ3n) is 2.26. The summed E-state index contributed by atoms with van der Waals surface area (Å²) in [7, 11) is 1.93. The van der Waals surface area contributed by atoms with Crippen molar-refractivity contribution in [1.29, 1.82) is 0 Å². The van der Waals surface area contributed by atoms with Crippen LogP contribution in [0.2, 0.25) is 0 Å². The standard InChI is InChI=1S/C9H14N2O2S/c1-4-6(2)11(3)9-10-5-7(14-9)8(12)13/h5-6H,4H2,1-3H3,(H,12,13). The molecule has 1 unspecified atom stereocenters. The lowest BCUT2D eigenvalue weighted by Crippen LogP contribution is -2.27. The molecule has 0 amide bonds. The van der Waals surface area contributed by atoms with Crippen LogP contribution in [0.25, 0.3) is 0 Å². The molecule has 1 aromatic rings. The zero-order valence-corrected chi connectivity index (χ0v) is 9.34. The van der Waals surface area contributed by atoms with Crippen molar-refractivity contribution in [1.82, 2.24) is 4.98 Å². The van der Waals surface area contributed by atoms with E-state index >= 15 is 0 Å². The molecule has 0 radical (unpaired) electrons. The van der Waals surface area contributed by atoms with E-state index in [-0.39, 0.29) is 4.88 Å². The molecule has 1 N–H and O–H groups in total. The molecule has 0 aromatic carbocycles. The highest BCUT2D eigenvalue weighted by atomic mass is 32.1. The van der Waals surface area contributed by atoms with Gasteiger partial charge >= 0.3 is 5.97 Å². The van der Waals surface area contributed by atoms with Gasteiger partial charge in [0, 0.05) is 13.1 Å². The minimum absolute atomic E-state index is 0.287. The Morgan fingerprint density at radius 3 is 2.86 bits per heavy atom. The SMILES string of the molecule is CCC(C)N(C)c1ncc(C(=O)O)s1. The number of carbonyl (C=O) groups is 1. The van der Waals surface area contributed by atoms with Gasteiger partial charge in [-0.15, -0.1) is 0 Å². The summed E-state index contributed by atoms with van der Waals surface area (Å²) in [6.45, 7) is 4.18. The second-order valence-electron chi connectivity index (χ2n) is 3.18. The number of hydrogen-bond donors (Lipinski definition) is 1. The van der Waals surface area contributed by atoms with Crippen molar-refractivity contribution in [2.24, 2.45) is 0 Å². The average Bonchev–Trinajstić information content (AvgIpc) is 2.64. The van der Waals surface area contributed by atoms with Crippen LogP contribution in [0.4, 0.5) is 5.13 Å². The fourth-order valence-corrected chi connectivity index (χ4v) is 1.81. The van der Waals surface area contributed by atoms with Gasteiger partial charge in [-0.2, -0.15) is 0 Å². The number of thiazole rings is 1. The highest BCUT2D eigenvalue weighted by Crippen LogP contribution is 2.23. The summed E-state index contributed by atoms with van der Waals surface area (Å²) in [5.74, 6) is -0.911. The Balaban J connectivity index is 2.81. The Morgan fingerprint density at radius 2 is 2.43 bits per heavy atom. The van der Waals surface area contributed by atoms with E-state index < -0.39 is 5.97 Å². The fraction of sp³-hybridized carbons (Fsp3) is 0.556. The minimum Gasteiger partial charge on any atom is -0.477 e. The van der Waals surface area contributed by atoms with Gasteiger partial charge in [-0.3, -0.25) is 0 Å². The van der Waals surface area contributed by atoms with Crippen LogP contribution in [0.5, 0.6) is 0 Å². The molecule has 1 rings (SSSR count). The number of rotatable bonds is 4. The van der Waals surface area contributed by atoms with Gasteiger partial charge in [0.1, 0.15) is 4.88 Å². The van der Waals surface area contributed by atoms with E-state index in [0.717, 1.165) is 11.6 Å². The largest absolute Gasteiger partial charge is 0.477 e. The van der Waals surface area contributed by atoms with Crippen molar-refractivity contribution in [3.05, 3.63) is 11.1 Å². The molecule has 78 valence electrons. The lowest BCUT2D eigenvalue weighted by atomic mass is 10.2. The van der Waals surface area contributed by atoms with Crippen LogP contribution in [-0.2, 0) is 0 Å². The predicted octanol–water partition coefficient (Wildman–Crippen LogP) is 2.08. The van der Waals surface area contributed by atoms with Crippen LogP contribution in [0.1, 0.15) is 29.9 Å². The molecule has 1 atom stereocenters. The van der Waals surface area contributed by atoms with Crippen molar-refractivity contribution >= 4 is 22.4 Å². The van der Waals surface area contributed by atoms with Crippen molar-refractivity contribution < 1.29 is 9.90 Å². The number of hydrogen-bond acceptors (Lipinski definition) is 4. The van der Waals surface area contributed by atoms with Crippen LogP contribution >= 0.6 is 11.3 Å². The van der Waals surface area contributed by atoms with E-state index in [9.17, 15) is 4.79 Å². The Morgan fingerprint density at radius 1 is 1.79 bits per heavy atom. The van der Waals surface area contributed by atoms with E-state index in [1.165, 1.54) is 17.5 Å². The van der Waals surface area contributed by atoms with E-state index in [0.29, 0.717) is 6.04 Å². The molecule has 0 saturated carbocycles. The van der Waals surface area contributed by atoms with Crippen molar-refractivity contribution in [2.45, 2.75) is 26.3 Å². The predicted molar refractivity (Wildman–Crippen MR) is 57.2 cm³/mol. The lowest BCUT2D eigenvalue weighted by molar-refractivity contribution is 0.0702. The lowest BCUT2D eigenvalue weighted by Gasteiger charge is -2.22. The second-order valence-corrected chi connectivity index (χ2v) is 4.19. The van der Waals surface area contributed by atoms with Gasteiger partial charge in [0.25, 0.3) is 0 Å². The summed E-state index contributed by atoms with van der Waals surface area (Å²) in [5.41, 5.74) is 0. The number of aromatic nitrogens is 1. The van der Waals surface area contributed by atoms with Crippen molar-refractivity contribution in [3.8, 4) is 0 Å². The molecule has 0 aliphatic heterocycles. The van der Waals surface area contributed by atoms with Gasteiger partial charge in [0.2, 0.25) is 0 Å². The van der Waals surface area contributed by atoms with E-state index in [1.54, 1.807) is 0 Å².